The minimum absolute atomic E-state index is 0.00608. The van der Waals surface area contributed by atoms with Crippen molar-refractivity contribution in [3.63, 3.8) is 0 Å². The summed E-state index contributed by atoms with van der Waals surface area (Å²) in [5, 5.41) is 13.9. The van der Waals surface area contributed by atoms with Gasteiger partial charge in [0.2, 0.25) is 0 Å². The average Bonchev–Trinajstić information content (AvgIpc) is 3.57. The molecular weight excluding hydrogens is 528 g/mol. The molecule has 5 heterocycles. The van der Waals surface area contributed by atoms with Crippen LogP contribution < -0.4 is 20.9 Å². The monoisotopic (exact) mass is 547 g/mol. The molecule has 7 rings (SSSR count). The lowest BCUT2D eigenvalue weighted by Crippen LogP contribution is -2.36. The Morgan fingerprint density at radius 2 is 2.00 bits per heavy atom. The molecule has 11 nitrogen and oxygen atoms in total. The molecule has 1 aliphatic carbocycles. The van der Waals surface area contributed by atoms with Crippen LogP contribution in [0.3, 0.4) is 0 Å². The number of rotatable bonds is 4. The van der Waals surface area contributed by atoms with E-state index in [2.05, 4.69) is 26.1 Å². The molecule has 0 saturated heterocycles. The Hall–Kier alpha value is -4.64. The minimum Gasteiger partial charge on any atom is -0.467 e. The SMILES string of the molecule is COc1nc(N2CCn3ncc(C#N)c3C2)c2c(=O)n(C3CC3)c(-c3ccc(F)c4sc(N)nc34)c(F)c2n1. The van der Waals surface area contributed by atoms with Crippen molar-refractivity contribution in [1.29, 1.82) is 5.26 Å². The van der Waals surface area contributed by atoms with E-state index in [-0.39, 0.29) is 61.9 Å². The molecule has 4 aromatic heterocycles. The molecule has 0 amide bonds. The highest BCUT2D eigenvalue weighted by Crippen LogP contribution is 2.43. The second-order valence-electron chi connectivity index (χ2n) is 9.41. The fourth-order valence-corrected chi connectivity index (χ4v) is 5.94. The number of nitrogen functional groups attached to an aromatic ring is 1. The van der Waals surface area contributed by atoms with Gasteiger partial charge in [-0.1, -0.05) is 11.3 Å². The van der Waals surface area contributed by atoms with Crippen molar-refractivity contribution in [2.45, 2.75) is 32.0 Å². The number of methoxy groups -OCH3 is 1. The first-order chi connectivity index (χ1) is 18.9. The lowest BCUT2D eigenvalue weighted by Gasteiger charge is -2.30. The van der Waals surface area contributed by atoms with Gasteiger partial charge in [-0.2, -0.15) is 20.3 Å². The van der Waals surface area contributed by atoms with Gasteiger partial charge >= 0.3 is 6.01 Å². The number of hydrogen-bond acceptors (Lipinski definition) is 10. The van der Waals surface area contributed by atoms with Crippen molar-refractivity contribution in [2.24, 2.45) is 0 Å². The van der Waals surface area contributed by atoms with E-state index in [4.69, 9.17) is 10.5 Å². The molecular formula is C25H19F2N9O2S. The Bertz CT molecular complexity index is 1940. The van der Waals surface area contributed by atoms with Crippen LogP contribution in [-0.2, 0) is 13.1 Å². The number of nitriles is 1. The standard InChI is InChI=1S/C25H19F2N9O2S/c1-38-25-32-19-16(22(33-25)34-6-7-35-15(10-34)11(8-28)9-30-35)23(37)36(12-2-3-12)20(17(19)27)13-4-5-14(26)21-18(13)31-24(29)39-21/h4-5,9,12H,2-3,6-7,10H2,1H3,(H2,29,31). The molecule has 1 aromatic carbocycles. The second kappa shape index (κ2) is 8.43. The molecule has 0 bridgehead atoms. The predicted octanol–water partition coefficient (Wildman–Crippen LogP) is 3.36. The minimum atomic E-state index is -0.766. The van der Waals surface area contributed by atoms with Crippen molar-refractivity contribution in [3.05, 3.63) is 51.6 Å². The Morgan fingerprint density at radius 3 is 2.74 bits per heavy atom. The highest BCUT2D eigenvalue weighted by Gasteiger charge is 2.35. The molecule has 2 aliphatic rings. The van der Waals surface area contributed by atoms with Gasteiger partial charge in [-0.3, -0.25) is 9.48 Å². The zero-order chi connectivity index (χ0) is 27.0. The van der Waals surface area contributed by atoms with E-state index in [0.29, 0.717) is 37.2 Å². The van der Waals surface area contributed by atoms with Crippen LogP contribution in [0.15, 0.2) is 23.1 Å². The molecule has 0 unspecified atom stereocenters. The Kier molecular flexibility index (Phi) is 5.08. The molecule has 1 aliphatic heterocycles. The van der Waals surface area contributed by atoms with Gasteiger partial charge in [0.25, 0.3) is 5.56 Å². The number of aromatic nitrogens is 6. The molecule has 1 saturated carbocycles. The summed E-state index contributed by atoms with van der Waals surface area (Å²) in [5.41, 5.74) is 6.68. The van der Waals surface area contributed by atoms with Crippen LogP contribution in [0.1, 0.15) is 30.1 Å². The van der Waals surface area contributed by atoms with Gasteiger partial charge in [0.1, 0.15) is 28.6 Å². The molecule has 196 valence electrons. The van der Waals surface area contributed by atoms with E-state index in [1.165, 1.54) is 30.0 Å². The summed E-state index contributed by atoms with van der Waals surface area (Å²) in [5.74, 6) is -1.09. The number of pyridine rings is 1. The van der Waals surface area contributed by atoms with Crippen molar-refractivity contribution in [3.8, 4) is 23.3 Å². The first kappa shape index (κ1) is 23.5. The molecule has 14 heteroatoms. The predicted molar refractivity (Wildman–Crippen MR) is 140 cm³/mol. The topological polar surface area (TPSA) is 141 Å². The van der Waals surface area contributed by atoms with Gasteiger partial charge in [0.15, 0.2) is 10.9 Å². The number of benzene rings is 1. The third kappa shape index (κ3) is 3.46. The molecule has 1 fully saturated rings. The number of fused-ring (bicyclic) bond motifs is 3. The van der Waals surface area contributed by atoms with Crippen LogP contribution in [0.25, 0.3) is 32.4 Å². The smallest absolute Gasteiger partial charge is 0.318 e. The maximum absolute atomic E-state index is 16.7. The number of hydrogen-bond donors (Lipinski definition) is 1. The number of nitrogens with zero attached hydrogens (tertiary/aromatic N) is 8. The van der Waals surface area contributed by atoms with Gasteiger partial charge in [0, 0.05) is 18.2 Å². The Balaban J connectivity index is 1.52. The average molecular weight is 548 g/mol. The summed E-state index contributed by atoms with van der Waals surface area (Å²) in [4.78, 5) is 29.0. The number of halogens is 2. The van der Waals surface area contributed by atoms with Crippen LogP contribution in [0, 0.1) is 23.0 Å². The Labute approximate surface area is 222 Å². The summed E-state index contributed by atoms with van der Waals surface area (Å²) in [6.45, 7) is 1.10. The number of anilines is 2. The molecule has 2 N–H and O–H groups in total. The van der Waals surface area contributed by atoms with Gasteiger partial charge in [-0.05, 0) is 25.0 Å². The van der Waals surface area contributed by atoms with Crippen LogP contribution >= 0.6 is 11.3 Å². The molecule has 0 radical (unpaired) electrons. The first-order valence-corrected chi connectivity index (χ1v) is 13.0. The quantitative estimate of drug-likeness (QED) is 0.359. The molecule has 5 aromatic rings. The zero-order valence-electron chi connectivity index (χ0n) is 20.5. The largest absolute Gasteiger partial charge is 0.467 e. The maximum Gasteiger partial charge on any atom is 0.318 e. The van der Waals surface area contributed by atoms with Crippen LogP contribution in [0.5, 0.6) is 6.01 Å². The highest BCUT2D eigenvalue weighted by atomic mass is 32.1. The summed E-state index contributed by atoms with van der Waals surface area (Å²) >= 11 is 0.956. The normalized spacial score (nSPS) is 15.1. The maximum atomic E-state index is 16.7. The third-order valence-corrected chi connectivity index (χ3v) is 8.00. The van der Waals surface area contributed by atoms with E-state index in [1.54, 1.807) is 9.58 Å². The van der Waals surface area contributed by atoms with Crippen molar-refractivity contribution in [2.75, 3.05) is 24.3 Å². The Morgan fingerprint density at radius 1 is 1.18 bits per heavy atom. The van der Waals surface area contributed by atoms with E-state index in [0.717, 1.165) is 11.3 Å². The second-order valence-corrected chi connectivity index (χ2v) is 10.4. The lowest BCUT2D eigenvalue weighted by atomic mass is 10.1. The van der Waals surface area contributed by atoms with E-state index >= 15 is 4.39 Å². The zero-order valence-corrected chi connectivity index (χ0v) is 21.3. The fourth-order valence-electron chi connectivity index (χ4n) is 5.18. The van der Waals surface area contributed by atoms with Gasteiger partial charge < -0.3 is 19.9 Å². The van der Waals surface area contributed by atoms with E-state index in [1.807, 2.05) is 0 Å². The highest BCUT2D eigenvalue weighted by molar-refractivity contribution is 7.22. The van der Waals surface area contributed by atoms with Crippen LogP contribution in [0.4, 0.5) is 19.7 Å². The lowest BCUT2D eigenvalue weighted by molar-refractivity contribution is 0.380. The number of nitrogens with two attached hydrogens (primary N) is 1. The van der Waals surface area contributed by atoms with Crippen LogP contribution in [0.2, 0.25) is 0 Å². The van der Waals surface area contributed by atoms with Gasteiger partial charge in [-0.15, -0.1) is 0 Å². The van der Waals surface area contributed by atoms with Crippen molar-refractivity contribution >= 4 is 43.4 Å². The van der Waals surface area contributed by atoms with Gasteiger partial charge in [-0.25, -0.2) is 13.8 Å². The molecule has 0 spiro atoms. The first-order valence-electron chi connectivity index (χ1n) is 12.1. The van der Waals surface area contributed by atoms with E-state index < -0.39 is 17.2 Å². The summed E-state index contributed by atoms with van der Waals surface area (Å²) in [6, 6.07) is 4.40. The van der Waals surface area contributed by atoms with Gasteiger partial charge in [0.05, 0.1) is 53.6 Å². The van der Waals surface area contributed by atoms with Crippen molar-refractivity contribution in [1.82, 2.24) is 29.3 Å². The third-order valence-electron chi connectivity index (χ3n) is 7.11. The summed E-state index contributed by atoms with van der Waals surface area (Å²) in [7, 11) is 1.36. The van der Waals surface area contributed by atoms with Crippen molar-refractivity contribution < 1.29 is 13.5 Å². The molecule has 0 atom stereocenters. The number of ether oxygens (including phenoxy) is 1. The van der Waals surface area contributed by atoms with E-state index in [9.17, 15) is 14.4 Å². The summed E-state index contributed by atoms with van der Waals surface area (Å²) < 4.78 is 39.9. The van der Waals surface area contributed by atoms with Crippen LogP contribution in [-0.4, -0.2) is 43.0 Å². The number of thiazole rings is 1. The molecule has 39 heavy (non-hydrogen) atoms. The fraction of sp³-hybridized carbons (Fsp3) is 0.280. The summed E-state index contributed by atoms with van der Waals surface area (Å²) in [6.07, 6.45) is 2.86.